The van der Waals surface area contributed by atoms with Gasteiger partial charge in [0, 0.05) is 23.5 Å². The van der Waals surface area contributed by atoms with Gasteiger partial charge in [-0.2, -0.15) is 0 Å². The number of fused-ring (bicyclic) bond motifs is 1. The van der Waals surface area contributed by atoms with Crippen LogP contribution in [0.15, 0.2) is 30.5 Å². The number of H-pyrrole nitrogens is 1. The second kappa shape index (κ2) is 7.40. The molecule has 0 bridgehead atoms. The Morgan fingerprint density at radius 2 is 2.10 bits per heavy atom. The van der Waals surface area contributed by atoms with Crippen molar-refractivity contribution in [2.24, 2.45) is 0 Å². The van der Waals surface area contributed by atoms with Gasteiger partial charge in [-0.15, -0.1) is 0 Å². The van der Waals surface area contributed by atoms with E-state index in [1.807, 2.05) is 12.1 Å². The molecule has 0 saturated carbocycles. The Labute approximate surface area is 154 Å². The number of benzene rings is 1. The van der Waals surface area contributed by atoms with Gasteiger partial charge in [-0.05, 0) is 11.6 Å². The van der Waals surface area contributed by atoms with Crippen LogP contribution in [0.2, 0.25) is 0 Å². The summed E-state index contributed by atoms with van der Waals surface area (Å²) in [5.41, 5.74) is 1.47. The van der Waals surface area contributed by atoms with E-state index in [0.717, 1.165) is 10.9 Å². The molecule has 6 nitrogen and oxygen atoms in total. The van der Waals surface area contributed by atoms with Crippen LogP contribution >= 0.6 is 7.82 Å². The van der Waals surface area contributed by atoms with Crippen molar-refractivity contribution in [3.63, 3.8) is 0 Å². The van der Waals surface area contributed by atoms with Gasteiger partial charge < -0.3 is 28.3 Å². The summed E-state index contributed by atoms with van der Waals surface area (Å²) in [6, 6.07) is 7.19. The number of aromatic nitrogens is 1. The van der Waals surface area contributed by atoms with Crippen molar-refractivity contribution in [3.05, 3.63) is 36.0 Å². The molecule has 0 aliphatic rings. The number of nitrogens with zero attached hydrogens (tertiary/aromatic N) is 1. The summed E-state index contributed by atoms with van der Waals surface area (Å²) in [5, 5.41) is 0.793. The molecule has 0 aliphatic carbocycles. The molecule has 0 spiro atoms. The van der Waals surface area contributed by atoms with Gasteiger partial charge in [0.05, 0.1) is 36.5 Å². The first-order valence-corrected chi connectivity index (χ1v) is 7.32. The summed E-state index contributed by atoms with van der Waals surface area (Å²) in [7, 11) is -5.55. The molecule has 0 amide bonds. The third kappa shape index (κ3) is 5.85. The first-order valence-electron chi connectivity index (χ1n) is 8.86. The molecule has 21 heavy (non-hydrogen) atoms. The summed E-state index contributed by atoms with van der Waals surface area (Å²) in [6.07, 6.45) is 1.65. The number of para-hydroxylation sites is 1. The van der Waals surface area contributed by atoms with Gasteiger partial charge in [0.25, 0.3) is 0 Å². The van der Waals surface area contributed by atoms with Gasteiger partial charge in [-0.1, -0.05) is 18.2 Å². The van der Waals surface area contributed by atoms with E-state index >= 15 is 0 Å². The van der Waals surface area contributed by atoms with Crippen LogP contribution in [0, 0.1) is 0 Å². The third-order valence-corrected chi connectivity index (χ3v) is 3.31. The smallest absolute Gasteiger partial charge is 0.790 e. The quantitative estimate of drug-likeness (QED) is 0.277. The van der Waals surface area contributed by atoms with Crippen molar-refractivity contribution >= 4 is 18.7 Å². The fraction of sp³-hybridized carbons (Fsp3) is 0.385. The maximum atomic E-state index is 10.8. The van der Waals surface area contributed by atoms with Crippen molar-refractivity contribution in [2.45, 2.75) is 6.42 Å². The van der Waals surface area contributed by atoms with Gasteiger partial charge >= 0.3 is 29.6 Å². The summed E-state index contributed by atoms with van der Waals surface area (Å²) in [6.45, 7) is -8.03. The molecule has 110 valence electrons. The molecule has 8 heteroatoms. The second-order valence-electron chi connectivity index (χ2n) is 4.51. The molecule has 2 rings (SSSR count). The molecule has 1 N–H and O–H groups in total. The number of hydrogen-bond acceptors (Lipinski definition) is 4. The zero-order valence-corrected chi connectivity index (χ0v) is 14.4. The van der Waals surface area contributed by atoms with Crippen LogP contribution in [0.3, 0.4) is 0 Å². The Bertz CT molecular complexity index is 805. The van der Waals surface area contributed by atoms with Crippen LogP contribution in [0.4, 0.5) is 0 Å². The van der Waals surface area contributed by atoms with Crippen molar-refractivity contribution < 1.29 is 61.1 Å². The monoisotopic (exact) mass is 326 g/mol. The number of phosphoric ester groups is 1. The summed E-state index contributed by atoms with van der Waals surface area (Å²) >= 11 is 0. The van der Waals surface area contributed by atoms with E-state index in [-0.39, 0.29) is 36.0 Å². The second-order valence-corrected chi connectivity index (χ2v) is 5.66. The van der Waals surface area contributed by atoms with Crippen molar-refractivity contribution in [3.8, 4) is 0 Å². The first-order chi connectivity index (χ1) is 11.8. The number of rotatable bonds is 6. The maximum Gasteiger partial charge on any atom is 1.00 e. The third-order valence-electron chi connectivity index (χ3n) is 2.87. The molecular weight excluding hydrogens is 302 g/mol. The topological polar surface area (TPSA) is 88.2 Å². The van der Waals surface area contributed by atoms with E-state index < -0.39 is 39.5 Å². The van der Waals surface area contributed by atoms with Crippen LogP contribution in [0.5, 0.6) is 0 Å². The molecule has 0 saturated heterocycles. The number of nitrogens with one attached hydrogen (secondary N) is 1. The molecule has 2 aromatic rings. The average Bonchev–Trinajstić information content (AvgIpc) is 2.87. The van der Waals surface area contributed by atoms with Crippen LogP contribution in [0.25, 0.3) is 10.9 Å². The fourth-order valence-corrected chi connectivity index (χ4v) is 2.22. The first kappa shape index (κ1) is 11.4. The van der Waals surface area contributed by atoms with Crippen molar-refractivity contribution in [1.82, 2.24) is 4.98 Å². The number of likely N-dealkylation sites (N-methyl/N-ethyl adjacent to an activating group) is 1. The molecule has 0 fully saturated rings. The fourth-order valence-electron chi connectivity index (χ4n) is 1.88. The summed E-state index contributed by atoms with van der Waals surface area (Å²) in [4.78, 5) is 24.6. The minimum Gasteiger partial charge on any atom is -0.790 e. The van der Waals surface area contributed by atoms with E-state index in [2.05, 4.69) is 9.51 Å². The molecule has 1 aromatic carbocycles. The molecule has 0 atom stereocenters. The predicted octanol–water partition coefficient (Wildman–Crippen LogP) is -2.41. The van der Waals surface area contributed by atoms with Crippen molar-refractivity contribution in [2.75, 3.05) is 27.2 Å². The maximum absolute atomic E-state index is 10.8. The van der Waals surface area contributed by atoms with Crippen LogP contribution in [0.1, 0.15) is 13.8 Å². The largest absolute Gasteiger partial charge is 1.00 e. The number of quaternary nitrogens is 1. The van der Waals surface area contributed by atoms with Gasteiger partial charge in [-0.25, -0.2) is 0 Å². The molecule has 0 unspecified atom stereocenters. The van der Waals surface area contributed by atoms with Crippen LogP contribution in [-0.2, 0) is 15.5 Å². The Kier molecular flexibility index (Phi) is 4.01. The molecular formula is C13H18N2NaO4P. The number of aromatic amines is 1. The van der Waals surface area contributed by atoms with E-state index in [4.69, 9.17) is 8.22 Å². The van der Waals surface area contributed by atoms with Gasteiger partial charge in [0.2, 0.25) is 0 Å². The van der Waals surface area contributed by atoms with Gasteiger partial charge in [0.1, 0.15) is 0 Å². The molecule has 1 heterocycles. The zero-order valence-electron chi connectivity index (χ0n) is 17.5. The van der Waals surface area contributed by atoms with E-state index in [1.165, 1.54) is 0 Å². The van der Waals surface area contributed by atoms with E-state index in [1.54, 1.807) is 18.3 Å². The molecule has 0 radical (unpaired) electrons. The Hall–Kier alpha value is -0.170. The number of hydrogen-bond donors (Lipinski definition) is 1. The average molecular weight is 326 g/mol. The Morgan fingerprint density at radius 1 is 1.38 bits per heavy atom. The van der Waals surface area contributed by atoms with Gasteiger partial charge in [0.15, 0.2) is 6.73 Å². The predicted molar refractivity (Wildman–Crippen MR) is 72.5 cm³/mol. The summed E-state index contributed by atoms with van der Waals surface area (Å²) in [5.74, 6) is 0. The van der Waals surface area contributed by atoms with Crippen molar-refractivity contribution in [1.29, 1.82) is 0 Å². The standard InChI is InChI=1S/C13H19N2O4P.Na/c1-15(2,10-19-20(16,17)18)8-7-11-9-14-13-6-4-3-5-12(11)13;/h3-6,9,14H,7-8,10H2,1-2H3,(H-,16,17,18);/q;+1/p-1/i1D3,2D3;. The Morgan fingerprint density at radius 3 is 2.76 bits per heavy atom. The minimum absolute atomic E-state index is 0. The Balaban J connectivity index is 0.00000364. The normalized spacial score (nSPS) is 17.8. The van der Waals surface area contributed by atoms with Crippen LogP contribution in [-0.4, -0.2) is 36.7 Å². The molecule has 1 aromatic heterocycles. The zero-order chi connectivity index (χ0) is 19.8. The number of phosphoric acid groups is 1. The van der Waals surface area contributed by atoms with Crippen LogP contribution < -0.4 is 39.3 Å². The SMILES string of the molecule is [2H]C([2H])([2H])[N+](CCc1c[nH]c2ccccc12)(COP(=O)([O-])[O-])C([2H])([2H])[2H].[Na+]. The minimum atomic E-state index is -5.55. The summed E-state index contributed by atoms with van der Waals surface area (Å²) < 4.78 is 59.2. The van der Waals surface area contributed by atoms with E-state index in [0.29, 0.717) is 5.56 Å². The molecule has 0 aliphatic heterocycles. The van der Waals surface area contributed by atoms with E-state index in [9.17, 15) is 14.4 Å². The van der Waals surface area contributed by atoms with Gasteiger partial charge in [-0.3, -0.25) is 0 Å².